The fraction of sp³-hybridized carbons (Fsp3) is 0.400. The lowest BCUT2D eigenvalue weighted by atomic mass is 10.0. The minimum Gasteiger partial charge on any atom is -0.504 e. The number of rotatable bonds is 9. The van der Waals surface area contributed by atoms with Gasteiger partial charge in [0.2, 0.25) is 0 Å². The first-order valence-electron chi connectivity index (χ1n) is 8.35. The van der Waals surface area contributed by atoms with Crippen LogP contribution < -0.4 is 4.74 Å². The predicted octanol–water partition coefficient (Wildman–Crippen LogP) is 6.09. The number of ether oxygens (including phenoxy) is 1. The highest BCUT2D eigenvalue weighted by molar-refractivity contribution is 5.44. The minimum absolute atomic E-state index is 0.178. The third-order valence-electron chi connectivity index (χ3n) is 3.86. The molecule has 2 heteroatoms. The van der Waals surface area contributed by atoms with Crippen LogP contribution in [-0.4, -0.2) is 5.11 Å². The second kappa shape index (κ2) is 9.14. The lowest BCUT2D eigenvalue weighted by molar-refractivity contribution is 0.408. The first kappa shape index (κ1) is 16.4. The van der Waals surface area contributed by atoms with Crippen LogP contribution in [0.5, 0.6) is 17.2 Å². The number of hydrogen-bond donors (Lipinski definition) is 1. The van der Waals surface area contributed by atoms with E-state index in [0.29, 0.717) is 5.75 Å². The summed E-state index contributed by atoms with van der Waals surface area (Å²) in [4.78, 5) is 0. The van der Waals surface area contributed by atoms with Crippen molar-refractivity contribution in [3.8, 4) is 17.2 Å². The normalized spacial score (nSPS) is 10.6. The van der Waals surface area contributed by atoms with Crippen molar-refractivity contribution in [2.75, 3.05) is 0 Å². The lowest BCUT2D eigenvalue weighted by Crippen LogP contribution is -1.93. The second-order valence-electron chi connectivity index (χ2n) is 5.70. The van der Waals surface area contributed by atoms with Crippen molar-refractivity contribution >= 4 is 0 Å². The van der Waals surface area contributed by atoms with Crippen LogP contribution in [0.3, 0.4) is 0 Å². The summed E-state index contributed by atoms with van der Waals surface area (Å²) in [5, 5.41) is 9.83. The molecule has 2 aromatic carbocycles. The van der Waals surface area contributed by atoms with Crippen molar-refractivity contribution < 1.29 is 9.84 Å². The Hall–Kier alpha value is -1.96. The van der Waals surface area contributed by atoms with Crippen molar-refractivity contribution in [1.82, 2.24) is 0 Å². The smallest absolute Gasteiger partial charge is 0.169 e. The van der Waals surface area contributed by atoms with E-state index in [0.717, 1.165) is 12.2 Å². The van der Waals surface area contributed by atoms with Crippen molar-refractivity contribution in [2.24, 2.45) is 0 Å². The molecule has 22 heavy (non-hydrogen) atoms. The molecule has 0 aliphatic rings. The summed E-state index contributed by atoms with van der Waals surface area (Å²) in [6, 6.07) is 15.2. The van der Waals surface area contributed by atoms with Crippen LogP contribution in [-0.2, 0) is 6.42 Å². The van der Waals surface area contributed by atoms with Gasteiger partial charge in [-0.25, -0.2) is 0 Å². The SMILES string of the molecule is CCCCCCCCc1ccccc1Oc1ccccc1O. The molecule has 0 radical (unpaired) electrons. The summed E-state index contributed by atoms with van der Waals surface area (Å²) in [6.07, 6.45) is 8.76. The average molecular weight is 298 g/mol. The first-order valence-corrected chi connectivity index (χ1v) is 8.35. The van der Waals surface area contributed by atoms with Crippen LogP contribution >= 0.6 is 0 Å². The Kier molecular flexibility index (Phi) is 6.82. The molecule has 0 bridgehead atoms. The van der Waals surface area contributed by atoms with E-state index in [1.165, 1.54) is 44.1 Å². The highest BCUT2D eigenvalue weighted by Crippen LogP contribution is 2.32. The third-order valence-corrected chi connectivity index (χ3v) is 3.86. The van der Waals surface area contributed by atoms with Gasteiger partial charge in [-0.3, -0.25) is 0 Å². The van der Waals surface area contributed by atoms with E-state index in [2.05, 4.69) is 13.0 Å². The molecule has 0 spiro atoms. The molecule has 118 valence electrons. The van der Waals surface area contributed by atoms with Gasteiger partial charge in [0, 0.05) is 0 Å². The highest BCUT2D eigenvalue weighted by Gasteiger charge is 2.07. The first-order chi connectivity index (χ1) is 10.8. The Balaban J connectivity index is 1.91. The Morgan fingerprint density at radius 1 is 0.773 bits per heavy atom. The Labute approximate surface area is 133 Å². The molecular formula is C20H26O2. The second-order valence-corrected chi connectivity index (χ2v) is 5.70. The van der Waals surface area contributed by atoms with Gasteiger partial charge in [-0.2, -0.15) is 0 Å². The molecule has 2 nitrogen and oxygen atoms in total. The van der Waals surface area contributed by atoms with Crippen molar-refractivity contribution in [2.45, 2.75) is 51.9 Å². The predicted molar refractivity (Wildman–Crippen MR) is 91.7 cm³/mol. The molecule has 0 unspecified atom stereocenters. The van der Waals surface area contributed by atoms with E-state index in [1.54, 1.807) is 18.2 Å². The summed E-state index contributed by atoms with van der Waals surface area (Å²) in [5.41, 5.74) is 1.21. The maximum absolute atomic E-state index is 9.83. The van der Waals surface area contributed by atoms with Gasteiger partial charge in [0.05, 0.1) is 0 Å². The summed E-state index contributed by atoms with van der Waals surface area (Å²) in [7, 11) is 0. The van der Waals surface area contributed by atoms with Gasteiger partial charge in [0.25, 0.3) is 0 Å². The number of hydrogen-bond acceptors (Lipinski definition) is 2. The number of aryl methyl sites for hydroxylation is 1. The zero-order valence-electron chi connectivity index (χ0n) is 13.4. The van der Waals surface area contributed by atoms with Gasteiger partial charge in [0.15, 0.2) is 11.5 Å². The number of benzene rings is 2. The summed E-state index contributed by atoms with van der Waals surface area (Å²) < 4.78 is 5.89. The molecule has 0 aromatic heterocycles. The number of para-hydroxylation sites is 3. The van der Waals surface area contributed by atoms with Crippen molar-refractivity contribution in [1.29, 1.82) is 0 Å². The van der Waals surface area contributed by atoms with Gasteiger partial charge in [-0.05, 0) is 36.6 Å². The van der Waals surface area contributed by atoms with Gasteiger partial charge < -0.3 is 9.84 Å². The number of phenolic OH excluding ortho intramolecular Hbond substituents is 1. The van der Waals surface area contributed by atoms with Crippen LogP contribution in [0.2, 0.25) is 0 Å². The van der Waals surface area contributed by atoms with E-state index in [9.17, 15) is 5.11 Å². The number of unbranched alkanes of at least 4 members (excludes halogenated alkanes) is 5. The quantitative estimate of drug-likeness (QED) is 0.568. The summed E-state index contributed by atoms with van der Waals surface area (Å²) >= 11 is 0. The molecule has 0 atom stereocenters. The highest BCUT2D eigenvalue weighted by atomic mass is 16.5. The zero-order valence-corrected chi connectivity index (χ0v) is 13.4. The van der Waals surface area contributed by atoms with Gasteiger partial charge in [-0.15, -0.1) is 0 Å². The fourth-order valence-corrected chi connectivity index (χ4v) is 2.57. The Bertz CT molecular complexity index is 563. The van der Waals surface area contributed by atoms with Crippen LogP contribution in [0.25, 0.3) is 0 Å². The minimum atomic E-state index is 0.178. The van der Waals surface area contributed by atoms with E-state index in [4.69, 9.17) is 4.74 Å². The Morgan fingerprint density at radius 3 is 2.18 bits per heavy atom. The van der Waals surface area contributed by atoms with Gasteiger partial charge in [0.1, 0.15) is 5.75 Å². The van der Waals surface area contributed by atoms with E-state index in [1.807, 2.05) is 24.3 Å². The standard InChI is InChI=1S/C20H26O2/c1-2-3-4-5-6-7-12-17-13-8-10-15-19(17)22-20-16-11-9-14-18(20)21/h8-11,13-16,21H,2-7,12H2,1H3. The molecular weight excluding hydrogens is 272 g/mol. The maximum atomic E-state index is 9.83. The van der Waals surface area contributed by atoms with Gasteiger partial charge >= 0.3 is 0 Å². The van der Waals surface area contributed by atoms with E-state index >= 15 is 0 Å². The maximum Gasteiger partial charge on any atom is 0.169 e. The molecule has 0 amide bonds. The monoisotopic (exact) mass is 298 g/mol. The lowest BCUT2D eigenvalue weighted by Gasteiger charge is -2.12. The van der Waals surface area contributed by atoms with Crippen LogP contribution in [0.4, 0.5) is 0 Å². The summed E-state index contributed by atoms with van der Waals surface area (Å²) in [6.45, 7) is 2.24. The summed E-state index contributed by atoms with van der Waals surface area (Å²) in [5.74, 6) is 1.53. The average Bonchev–Trinajstić information content (AvgIpc) is 2.54. The number of aromatic hydroxyl groups is 1. The molecule has 2 aromatic rings. The zero-order chi connectivity index (χ0) is 15.6. The molecule has 2 rings (SSSR count). The molecule has 0 saturated carbocycles. The van der Waals surface area contributed by atoms with Gasteiger partial charge in [-0.1, -0.05) is 69.4 Å². The third kappa shape index (κ3) is 5.10. The van der Waals surface area contributed by atoms with Crippen LogP contribution in [0.15, 0.2) is 48.5 Å². The molecule has 0 aliphatic heterocycles. The van der Waals surface area contributed by atoms with E-state index in [-0.39, 0.29) is 5.75 Å². The molecule has 0 saturated heterocycles. The molecule has 0 fully saturated rings. The Morgan fingerprint density at radius 2 is 1.41 bits per heavy atom. The van der Waals surface area contributed by atoms with E-state index < -0.39 is 0 Å². The van der Waals surface area contributed by atoms with Crippen LogP contribution in [0, 0.1) is 0 Å². The van der Waals surface area contributed by atoms with Crippen molar-refractivity contribution in [3.05, 3.63) is 54.1 Å². The molecule has 1 N–H and O–H groups in total. The molecule has 0 heterocycles. The van der Waals surface area contributed by atoms with Crippen molar-refractivity contribution in [3.63, 3.8) is 0 Å². The van der Waals surface area contributed by atoms with Crippen LogP contribution in [0.1, 0.15) is 51.0 Å². The molecule has 0 aliphatic carbocycles. The topological polar surface area (TPSA) is 29.5 Å². The largest absolute Gasteiger partial charge is 0.504 e. The number of phenols is 1. The fourth-order valence-electron chi connectivity index (χ4n) is 2.57.